The van der Waals surface area contributed by atoms with Crippen LogP contribution in [0.3, 0.4) is 0 Å². The molecule has 1 aromatic heterocycles. The van der Waals surface area contributed by atoms with Crippen molar-refractivity contribution in [2.75, 3.05) is 5.32 Å². The number of aryl methyl sites for hydroxylation is 3. The predicted octanol–water partition coefficient (Wildman–Crippen LogP) is 4.55. The Balaban J connectivity index is 1.92. The highest BCUT2D eigenvalue weighted by atomic mass is 19.1. The van der Waals surface area contributed by atoms with E-state index in [-0.39, 0.29) is 5.82 Å². The normalized spacial score (nSPS) is 11.0. The van der Waals surface area contributed by atoms with Crippen LogP contribution in [0.2, 0.25) is 0 Å². The van der Waals surface area contributed by atoms with E-state index in [1.54, 1.807) is 12.1 Å². The molecule has 0 spiro atoms. The molecular formula is C18H19FN2. The summed E-state index contributed by atoms with van der Waals surface area (Å²) in [5, 5.41) is 4.45. The SMILES string of the molecule is Cc1ccc(NCc2c(C)c3ccccc3n2C)c(F)c1. The maximum absolute atomic E-state index is 13.9. The van der Waals surface area contributed by atoms with Gasteiger partial charge < -0.3 is 9.88 Å². The second kappa shape index (κ2) is 5.24. The number of fused-ring (bicyclic) bond motifs is 1. The fourth-order valence-corrected chi connectivity index (χ4v) is 2.83. The van der Waals surface area contributed by atoms with Crippen molar-refractivity contribution < 1.29 is 4.39 Å². The number of hydrogen-bond acceptors (Lipinski definition) is 1. The Labute approximate surface area is 124 Å². The fourth-order valence-electron chi connectivity index (χ4n) is 2.83. The Morgan fingerprint density at radius 2 is 1.86 bits per heavy atom. The van der Waals surface area contributed by atoms with Crippen molar-refractivity contribution in [1.82, 2.24) is 4.57 Å². The molecule has 1 N–H and O–H groups in total. The zero-order valence-electron chi connectivity index (χ0n) is 12.6. The average molecular weight is 282 g/mol. The van der Waals surface area contributed by atoms with Gasteiger partial charge in [0.15, 0.2) is 0 Å². The second-order valence-electron chi connectivity index (χ2n) is 5.48. The summed E-state index contributed by atoms with van der Waals surface area (Å²) in [4.78, 5) is 0. The summed E-state index contributed by atoms with van der Waals surface area (Å²) in [6.07, 6.45) is 0. The number of rotatable bonds is 3. The first-order valence-electron chi connectivity index (χ1n) is 7.11. The van der Waals surface area contributed by atoms with Crippen LogP contribution in [-0.2, 0) is 13.6 Å². The van der Waals surface area contributed by atoms with Crippen LogP contribution < -0.4 is 5.32 Å². The van der Waals surface area contributed by atoms with Gasteiger partial charge in [0.25, 0.3) is 0 Å². The van der Waals surface area contributed by atoms with E-state index in [0.29, 0.717) is 12.2 Å². The van der Waals surface area contributed by atoms with E-state index in [2.05, 4.69) is 36.0 Å². The molecule has 0 amide bonds. The minimum absolute atomic E-state index is 0.202. The molecule has 3 aromatic rings. The monoisotopic (exact) mass is 282 g/mol. The molecule has 0 aliphatic rings. The Morgan fingerprint density at radius 1 is 1.10 bits per heavy atom. The molecule has 0 saturated heterocycles. The van der Waals surface area contributed by atoms with Gasteiger partial charge in [0, 0.05) is 23.6 Å². The maximum Gasteiger partial charge on any atom is 0.146 e. The van der Waals surface area contributed by atoms with E-state index >= 15 is 0 Å². The van der Waals surface area contributed by atoms with Gasteiger partial charge in [-0.3, -0.25) is 0 Å². The molecule has 0 aliphatic carbocycles. The van der Waals surface area contributed by atoms with Crippen molar-refractivity contribution in [3.8, 4) is 0 Å². The number of benzene rings is 2. The maximum atomic E-state index is 13.9. The third-order valence-electron chi connectivity index (χ3n) is 4.08. The second-order valence-corrected chi connectivity index (χ2v) is 5.48. The largest absolute Gasteiger partial charge is 0.377 e. The first-order valence-corrected chi connectivity index (χ1v) is 7.11. The fraction of sp³-hybridized carbons (Fsp3) is 0.222. The highest BCUT2D eigenvalue weighted by Gasteiger charge is 2.11. The molecule has 0 aliphatic heterocycles. The van der Waals surface area contributed by atoms with Crippen molar-refractivity contribution >= 4 is 16.6 Å². The van der Waals surface area contributed by atoms with E-state index < -0.39 is 0 Å². The van der Waals surface area contributed by atoms with Crippen LogP contribution in [0.5, 0.6) is 0 Å². The summed E-state index contributed by atoms with van der Waals surface area (Å²) >= 11 is 0. The molecule has 3 rings (SSSR count). The van der Waals surface area contributed by atoms with Gasteiger partial charge in [-0.2, -0.15) is 0 Å². The number of nitrogens with zero attached hydrogens (tertiary/aromatic N) is 1. The summed E-state index contributed by atoms with van der Waals surface area (Å²) in [5.41, 5.74) is 5.10. The van der Waals surface area contributed by atoms with Crippen LogP contribution in [-0.4, -0.2) is 4.57 Å². The molecule has 0 unspecified atom stereocenters. The molecule has 3 heteroatoms. The van der Waals surface area contributed by atoms with E-state index in [9.17, 15) is 4.39 Å². The predicted molar refractivity (Wildman–Crippen MR) is 86.1 cm³/mol. The lowest BCUT2D eigenvalue weighted by atomic mass is 10.1. The Morgan fingerprint density at radius 3 is 2.57 bits per heavy atom. The first kappa shape index (κ1) is 13.7. The summed E-state index contributed by atoms with van der Waals surface area (Å²) < 4.78 is 16.1. The number of aromatic nitrogens is 1. The summed E-state index contributed by atoms with van der Waals surface area (Å²) in [5.74, 6) is -0.202. The summed E-state index contributed by atoms with van der Waals surface area (Å²) in [7, 11) is 2.05. The number of anilines is 1. The lowest BCUT2D eigenvalue weighted by Crippen LogP contribution is -2.07. The Bertz CT molecular complexity index is 763. The number of nitrogens with one attached hydrogen (secondary N) is 1. The molecule has 2 nitrogen and oxygen atoms in total. The Kier molecular flexibility index (Phi) is 3.42. The number of hydrogen-bond donors (Lipinski definition) is 1. The standard InChI is InChI=1S/C18H19FN2/c1-12-8-9-16(15(19)10-12)20-11-18-13(2)14-6-4-5-7-17(14)21(18)3/h4-10,20H,11H2,1-3H3. The molecule has 0 fully saturated rings. The zero-order valence-corrected chi connectivity index (χ0v) is 12.6. The molecular weight excluding hydrogens is 263 g/mol. The first-order chi connectivity index (χ1) is 10.1. The van der Waals surface area contributed by atoms with E-state index in [0.717, 1.165) is 5.56 Å². The van der Waals surface area contributed by atoms with Gasteiger partial charge in [0.1, 0.15) is 5.82 Å². The highest BCUT2D eigenvalue weighted by molar-refractivity contribution is 5.85. The topological polar surface area (TPSA) is 17.0 Å². The Hall–Kier alpha value is -2.29. The van der Waals surface area contributed by atoms with E-state index in [1.165, 1.54) is 22.2 Å². The van der Waals surface area contributed by atoms with Crippen LogP contribution in [0.4, 0.5) is 10.1 Å². The minimum atomic E-state index is -0.202. The lowest BCUT2D eigenvalue weighted by molar-refractivity contribution is 0.628. The van der Waals surface area contributed by atoms with Crippen molar-refractivity contribution in [1.29, 1.82) is 0 Å². The third-order valence-corrected chi connectivity index (χ3v) is 4.08. The van der Waals surface area contributed by atoms with Crippen LogP contribution in [0.1, 0.15) is 16.8 Å². The van der Waals surface area contributed by atoms with Gasteiger partial charge in [-0.1, -0.05) is 24.3 Å². The van der Waals surface area contributed by atoms with Gasteiger partial charge in [0.05, 0.1) is 12.2 Å². The van der Waals surface area contributed by atoms with Gasteiger partial charge in [-0.15, -0.1) is 0 Å². The van der Waals surface area contributed by atoms with Gasteiger partial charge >= 0.3 is 0 Å². The van der Waals surface area contributed by atoms with E-state index in [1.807, 2.05) is 25.1 Å². The molecule has 21 heavy (non-hydrogen) atoms. The molecule has 2 aromatic carbocycles. The molecule has 0 bridgehead atoms. The molecule has 1 heterocycles. The average Bonchev–Trinajstić information content (AvgIpc) is 2.71. The van der Waals surface area contributed by atoms with Gasteiger partial charge in [-0.25, -0.2) is 4.39 Å². The molecule has 0 saturated carbocycles. The molecule has 0 atom stereocenters. The number of halogens is 1. The zero-order chi connectivity index (χ0) is 15.0. The van der Waals surface area contributed by atoms with Crippen LogP contribution in [0.15, 0.2) is 42.5 Å². The molecule has 108 valence electrons. The lowest BCUT2D eigenvalue weighted by Gasteiger charge is -2.10. The third kappa shape index (κ3) is 2.40. The van der Waals surface area contributed by atoms with Crippen LogP contribution >= 0.6 is 0 Å². The molecule has 0 radical (unpaired) electrons. The smallest absolute Gasteiger partial charge is 0.146 e. The van der Waals surface area contributed by atoms with Crippen molar-refractivity contribution in [3.63, 3.8) is 0 Å². The van der Waals surface area contributed by atoms with Crippen molar-refractivity contribution in [2.45, 2.75) is 20.4 Å². The van der Waals surface area contributed by atoms with E-state index in [4.69, 9.17) is 0 Å². The van der Waals surface area contributed by atoms with Gasteiger partial charge in [-0.05, 0) is 43.2 Å². The van der Waals surface area contributed by atoms with Crippen LogP contribution in [0, 0.1) is 19.7 Å². The number of para-hydroxylation sites is 1. The highest BCUT2D eigenvalue weighted by Crippen LogP contribution is 2.25. The van der Waals surface area contributed by atoms with Gasteiger partial charge in [0.2, 0.25) is 0 Å². The van der Waals surface area contributed by atoms with Crippen molar-refractivity contribution in [2.24, 2.45) is 7.05 Å². The quantitative estimate of drug-likeness (QED) is 0.746. The summed E-state index contributed by atoms with van der Waals surface area (Å²) in [6.45, 7) is 4.61. The van der Waals surface area contributed by atoms with Crippen molar-refractivity contribution in [3.05, 3.63) is 65.1 Å². The minimum Gasteiger partial charge on any atom is -0.377 e. The van der Waals surface area contributed by atoms with Crippen LogP contribution in [0.25, 0.3) is 10.9 Å². The summed E-state index contributed by atoms with van der Waals surface area (Å²) in [6, 6.07) is 13.6.